The zero-order valence-corrected chi connectivity index (χ0v) is 17.5. The van der Waals surface area contributed by atoms with Crippen molar-refractivity contribution in [2.24, 2.45) is 0 Å². The summed E-state index contributed by atoms with van der Waals surface area (Å²) in [7, 11) is 4.07. The first-order valence-corrected chi connectivity index (χ1v) is 10.1. The largest absolute Gasteiger partial charge is 0.492 e. The smallest absolute Gasteiger partial charge is 0.213 e. The first kappa shape index (κ1) is 19.9. The van der Waals surface area contributed by atoms with Crippen molar-refractivity contribution in [2.75, 3.05) is 33.9 Å². The number of nitrogens with zero attached hydrogens (tertiary/aromatic N) is 2. The summed E-state index contributed by atoms with van der Waals surface area (Å²) in [6, 6.07) is 18.2. The summed E-state index contributed by atoms with van der Waals surface area (Å²) in [5.74, 6) is 1.05. The molecule has 0 aliphatic carbocycles. The van der Waals surface area contributed by atoms with Crippen LogP contribution in [0.4, 0.5) is 0 Å². The minimum atomic E-state index is 0.173. The summed E-state index contributed by atoms with van der Waals surface area (Å²) in [5, 5.41) is 18.9. The Kier molecular flexibility index (Phi) is 5.68. The number of hydrogen-bond acceptors (Lipinski definition) is 5. The van der Waals surface area contributed by atoms with Crippen molar-refractivity contribution in [3.05, 3.63) is 60.2 Å². The number of nitrogens with one attached hydrogen (secondary N) is 2. The zero-order chi connectivity index (χ0) is 21.1. The summed E-state index contributed by atoms with van der Waals surface area (Å²) < 4.78 is 11.2. The number of H-pyrrole nitrogens is 1. The fourth-order valence-electron chi connectivity index (χ4n) is 3.41. The van der Waals surface area contributed by atoms with Crippen LogP contribution in [-0.2, 0) is 4.74 Å². The van der Waals surface area contributed by atoms with Crippen LogP contribution in [0.25, 0.3) is 32.9 Å². The van der Waals surface area contributed by atoms with E-state index in [4.69, 9.17) is 14.9 Å². The Labute approximate surface area is 175 Å². The van der Waals surface area contributed by atoms with Gasteiger partial charge in [0.2, 0.25) is 5.90 Å². The summed E-state index contributed by atoms with van der Waals surface area (Å²) in [5.41, 5.74) is 3.56. The molecular weight excluding hydrogens is 376 g/mol. The fraction of sp³-hybridized carbons (Fsp3) is 0.250. The van der Waals surface area contributed by atoms with Gasteiger partial charge in [0, 0.05) is 23.1 Å². The Bertz CT molecular complexity index is 1200. The van der Waals surface area contributed by atoms with Crippen LogP contribution in [-0.4, -0.2) is 54.8 Å². The molecule has 6 nitrogen and oxygen atoms in total. The van der Waals surface area contributed by atoms with Gasteiger partial charge < -0.3 is 14.4 Å². The zero-order valence-electron chi connectivity index (χ0n) is 17.5. The number of fused-ring (bicyclic) bond motifs is 2. The maximum absolute atomic E-state index is 8.07. The molecule has 0 saturated carbocycles. The molecule has 0 bridgehead atoms. The minimum Gasteiger partial charge on any atom is -0.492 e. The van der Waals surface area contributed by atoms with Crippen LogP contribution in [0.15, 0.2) is 54.6 Å². The van der Waals surface area contributed by atoms with Crippen LogP contribution in [0.5, 0.6) is 5.75 Å². The van der Waals surface area contributed by atoms with E-state index in [2.05, 4.69) is 45.4 Å². The molecule has 0 fully saturated rings. The third-order valence-corrected chi connectivity index (χ3v) is 5.01. The molecule has 1 aromatic heterocycles. The average molecular weight is 402 g/mol. The predicted octanol–water partition coefficient (Wildman–Crippen LogP) is 4.69. The quantitative estimate of drug-likeness (QED) is 0.348. The minimum absolute atomic E-state index is 0.173. The van der Waals surface area contributed by atoms with Crippen LogP contribution in [0, 0.1) is 5.41 Å². The molecule has 0 atom stereocenters. The van der Waals surface area contributed by atoms with E-state index in [-0.39, 0.29) is 5.90 Å². The molecule has 30 heavy (non-hydrogen) atoms. The number of hydrogen-bond donors (Lipinski definition) is 2. The second-order valence-electron chi connectivity index (χ2n) is 7.47. The van der Waals surface area contributed by atoms with Crippen molar-refractivity contribution in [1.82, 2.24) is 15.1 Å². The van der Waals surface area contributed by atoms with Crippen LogP contribution >= 0.6 is 0 Å². The summed E-state index contributed by atoms with van der Waals surface area (Å²) in [6.45, 7) is 3.89. The van der Waals surface area contributed by atoms with Crippen LogP contribution in [0.2, 0.25) is 0 Å². The number of aromatic nitrogens is 2. The van der Waals surface area contributed by atoms with Gasteiger partial charge in [-0.15, -0.1) is 0 Å². The monoisotopic (exact) mass is 402 g/mol. The van der Waals surface area contributed by atoms with E-state index in [0.717, 1.165) is 50.8 Å². The lowest BCUT2D eigenvalue weighted by molar-refractivity contribution is 0.261. The number of rotatable bonds is 7. The Hall–Kier alpha value is -3.38. The standard InChI is InChI=1S/C24H26N4O2/c1-4-29-24(25)19-8-10-22-21(15-19)23(27-26-22)18-6-5-17-14-20(9-7-16(17)13-18)30-12-11-28(2)3/h5-10,13-15,25H,4,11-12H2,1-3H3,(H,26,27). The van der Waals surface area contributed by atoms with Crippen molar-refractivity contribution >= 4 is 27.6 Å². The molecule has 0 unspecified atom stereocenters. The van der Waals surface area contributed by atoms with Crippen molar-refractivity contribution in [3.63, 3.8) is 0 Å². The van der Waals surface area contributed by atoms with Crippen molar-refractivity contribution in [3.8, 4) is 17.0 Å². The molecule has 0 aliphatic heterocycles. The second kappa shape index (κ2) is 8.55. The molecule has 0 amide bonds. The van der Waals surface area contributed by atoms with Gasteiger partial charge in [-0.1, -0.05) is 18.2 Å². The molecule has 0 spiro atoms. The predicted molar refractivity (Wildman–Crippen MR) is 122 cm³/mol. The molecule has 4 aromatic rings. The van der Waals surface area contributed by atoms with E-state index in [0.29, 0.717) is 13.2 Å². The molecule has 0 saturated heterocycles. The van der Waals surface area contributed by atoms with Gasteiger partial charge in [-0.3, -0.25) is 10.5 Å². The maximum Gasteiger partial charge on any atom is 0.213 e. The van der Waals surface area contributed by atoms with E-state index < -0.39 is 0 Å². The number of likely N-dealkylation sites (N-methyl/N-ethyl adjacent to an activating group) is 1. The Morgan fingerprint density at radius 3 is 2.63 bits per heavy atom. The lowest BCUT2D eigenvalue weighted by Crippen LogP contribution is -2.19. The normalized spacial score (nSPS) is 11.3. The van der Waals surface area contributed by atoms with Crippen molar-refractivity contribution < 1.29 is 9.47 Å². The first-order valence-electron chi connectivity index (χ1n) is 10.1. The third kappa shape index (κ3) is 4.14. The summed E-state index contributed by atoms with van der Waals surface area (Å²) >= 11 is 0. The van der Waals surface area contributed by atoms with Crippen LogP contribution in [0.3, 0.4) is 0 Å². The average Bonchev–Trinajstić information content (AvgIpc) is 3.16. The van der Waals surface area contributed by atoms with E-state index in [1.165, 1.54) is 0 Å². The molecular formula is C24H26N4O2. The van der Waals surface area contributed by atoms with E-state index >= 15 is 0 Å². The lowest BCUT2D eigenvalue weighted by atomic mass is 10.0. The van der Waals surface area contributed by atoms with E-state index in [1.807, 2.05) is 45.3 Å². The summed E-state index contributed by atoms with van der Waals surface area (Å²) in [4.78, 5) is 2.10. The fourth-order valence-corrected chi connectivity index (χ4v) is 3.41. The summed E-state index contributed by atoms with van der Waals surface area (Å²) in [6.07, 6.45) is 0. The Morgan fingerprint density at radius 2 is 1.83 bits per heavy atom. The molecule has 0 aliphatic rings. The molecule has 4 rings (SSSR count). The van der Waals surface area contributed by atoms with Gasteiger partial charge in [-0.2, -0.15) is 5.10 Å². The molecule has 6 heteroatoms. The molecule has 0 radical (unpaired) electrons. The third-order valence-electron chi connectivity index (χ3n) is 5.01. The van der Waals surface area contributed by atoms with Crippen LogP contribution in [0.1, 0.15) is 12.5 Å². The highest BCUT2D eigenvalue weighted by Crippen LogP contribution is 2.31. The molecule has 3 aromatic carbocycles. The van der Waals surface area contributed by atoms with Gasteiger partial charge in [-0.05, 0) is 68.2 Å². The topological polar surface area (TPSA) is 74.2 Å². The Morgan fingerprint density at radius 1 is 1.03 bits per heavy atom. The second-order valence-corrected chi connectivity index (χ2v) is 7.47. The van der Waals surface area contributed by atoms with E-state index in [9.17, 15) is 0 Å². The number of aromatic amines is 1. The highest BCUT2D eigenvalue weighted by molar-refractivity contribution is 6.01. The van der Waals surface area contributed by atoms with Crippen LogP contribution < -0.4 is 4.74 Å². The number of ether oxygens (including phenoxy) is 2. The van der Waals surface area contributed by atoms with Gasteiger partial charge in [0.25, 0.3) is 0 Å². The molecule has 154 valence electrons. The number of benzene rings is 3. The maximum atomic E-state index is 8.07. The Balaban J connectivity index is 1.65. The van der Waals surface area contributed by atoms with Gasteiger partial charge in [0.15, 0.2) is 0 Å². The van der Waals surface area contributed by atoms with Crippen molar-refractivity contribution in [2.45, 2.75) is 6.92 Å². The van der Waals surface area contributed by atoms with Crippen molar-refractivity contribution in [1.29, 1.82) is 5.41 Å². The van der Waals surface area contributed by atoms with Gasteiger partial charge in [0.1, 0.15) is 12.4 Å². The van der Waals surface area contributed by atoms with E-state index in [1.54, 1.807) is 0 Å². The van der Waals surface area contributed by atoms with Gasteiger partial charge >= 0.3 is 0 Å². The van der Waals surface area contributed by atoms with Gasteiger partial charge in [0.05, 0.1) is 17.8 Å². The highest BCUT2D eigenvalue weighted by atomic mass is 16.5. The lowest BCUT2D eigenvalue weighted by Gasteiger charge is -2.11. The molecule has 2 N–H and O–H groups in total. The molecule has 1 heterocycles. The SMILES string of the molecule is CCOC(=N)c1ccc2[nH]nc(-c3ccc4cc(OCCN(C)C)ccc4c3)c2c1. The highest BCUT2D eigenvalue weighted by Gasteiger charge is 2.12. The first-order chi connectivity index (χ1) is 14.5. The van der Waals surface area contributed by atoms with Gasteiger partial charge in [-0.25, -0.2) is 0 Å².